The molecule has 0 spiro atoms. The normalized spacial score (nSPS) is 21.7. The summed E-state index contributed by atoms with van der Waals surface area (Å²) in [6, 6.07) is 9.51. The van der Waals surface area contributed by atoms with Crippen molar-refractivity contribution in [1.29, 1.82) is 0 Å². The number of rotatable bonds is 6. The van der Waals surface area contributed by atoms with Crippen LogP contribution in [0, 0.1) is 11.3 Å². The van der Waals surface area contributed by atoms with Crippen LogP contribution in [-0.2, 0) is 4.79 Å². The molecule has 102 valence electrons. The smallest absolute Gasteiger partial charge is 0.241 e. The van der Waals surface area contributed by atoms with Crippen LogP contribution < -0.4 is 10.6 Å². The molecular weight excluding hydrogens is 236 g/mol. The molecule has 1 aromatic rings. The summed E-state index contributed by atoms with van der Waals surface area (Å²) in [6.45, 7) is 2.95. The van der Waals surface area contributed by atoms with E-state index in [4.69, 9.17) is 0 Å². The van der Waals surface area contributed by atoms with Crippen LogP contribution >= 0.6 is 0 Å². The molecule has 3 rings (SSSR count). The van der Waals surface area contributed by atoms with Gasteiger partial charge in [0.05, 0.1) is 6.04 Å². The lowest BCUT2D eigenvalue weighted by atomic mass is 10.0. The highest BCUT2D eigenvalue weighted by Crippen LogP contribution is 2.60. The third-order valence-electron chi connectivity index (χ3n) is 4.53. The van der Waals surface area contributed by atoms with Gasteiger partial charge in [0.15, 0.2) is 0 Å². The van der Waals surface area contributed by atoms with Gasteiger partial charge in [-0.1, -0.05) is 18.2 Å². The molecule has 0 bridgehead atoms. The van der Waals surface area contributed by atoms with Gasteiger partial charge in [-0.25, -0.2) is 0 Å². The van der Waals surface area contributed by atoms with Crippen LogP contribution in [0.15, 0.2) is 30.3 Å². The predicted molar refractivity (Wildman–Crippen MR) is 76.9 cm³/mol. The van der Waals surface area contributed by atoms with E-state index in [1.165, 1.54) is 25.7 Å². The van der Waals surface area contributed by atoms with Gasteiger partial charge in [-0.15, -0.1) is 0 Å². The van der Waals surface area contributed by atoms with Crippen molar-refractivity contribution in [1.82, 2.24) is 5.32 Å². The lowest BCUT2D eigenvalue weighted by molar-refractivity contribution is -0.117. The SMILES string of the molecule is CC(NCC1(C2CC2)CC1)C(=O)Nc1ccccc1. The van der Waals surface area contributed by atoms with Crippen LogP contribution in [0.2, 0.25) is 0 Å². The Morgan fingerprint density at radius 1 is 1.32 bits per heavy atom. The lowest BCUT2D eigenvalue weighted by Gasteiger charge is -2.19. The molecule has 0 radical (unpaired) electrons. The molecule has 2 aliphatic carbocycles. The quantitative estimate of drug-likeness (QED) is 0.824. The maximum atomic E-state index is 12.1. The summed E-state index contributed by atoms with van der Waals surface area (Å²) in [4.78, 5) is 12.1. The first kappa shape index (κ1) is 12.7. The maximum Gasteiger partial charge on any atom is 0.241 e. The lowest BCUT2D eigenvalue weighted by Crippen LogP contribution is -2.41. The number of nitrogens with one attached hydrogen (secondary N) is 2. The number of hydrogen-bond donors (Lipinski definition) is 2. The highest BCUT2D eigenvalue weighted by atomic mass is 16.2. The first-order valence-electron chi connectivity index (χ1n) is 7.29. The Kier molecular flexibility index (Phi) is 3.31. The zero-order chi connectivity index (χ0) is 13.3. The van der Waals surface area contributed by atoms with Gasteiger partial charge >= 0.3 is 0 Å². The first-order valence-corrected chi connectivity index (χ1v) is 7.29. The van der Waals surface area contributed by atoms with E-state index >= 15 is 0 Å². The van der Waals surface area contributed by atoms with Gasteiger partial charge in [0.1, 0.15) is 0 Å². The molecule has 1 aromatic carbocycles. The van der Waals surface area contributed by atoms with Crippen LogP contribution in [0.5, 0.6) is 0 Å². The fourth-order valence-electron chi connectivity index (χ4n) is 2.81. The van der Waals surface area contributed by atoms with Crippen LogP contribution in [0.25, 0.3) is 0 Å². The molecule has 1 atom stereocenters. The Bertz CT molecular complexity index is 449. The molecule has 2 fully saturated rings. The van der Waals surface area contributed by atoms with Gasteiger partial charge in [0.25, 0.3) is 0 Å². The van der Waals surface area contributed by atoms with Gasteiger partial charge in [-0.05, 0) is 56.1 Å². The Morgan fingerprint density at radius 3 is 2.58 bits per heavy atom. The van der Waals surface area contributed by atoms with Gasteiger partial charge in [-0.3, -0.25) is 4.79 Å². The Hall–Kier alpha value is -1.35. The number of carbonyl (C=O) groups is 1. The van der Waals surface area contributed by atoms with Gasteiger partial charge in [-0.2, -0.15) is 0 Å². The largest absolute Gasteiger partial charge is 0.325 e. The van der Waals surface area contributed by atoms with Crippen molar-refractivity contribution >= 4 is 11.6 Å². The second-order valence-electron chi connectivity index (χ2n) is 6.09. The van der Waals surface area contributed by atoms with E-state index in [0.717, 1.165) is 18.2 Å². The highest BCUT2D eigenvalue weighted by molar-refractivity contribution is 5.94. The molecule has 0 heterocycles. The third-order valence-corrected chi connectivity index (χ3v) is 4.53. The molecule has 19 heavy (non-hydrogen) atoms. The van der Waals surface area contributed by atoms with Crippen molar-refractivity contribution in [2.24, 2.45) is 11.3 Å². The summed E-state index contributed by atoms with van der Waals surface area (Å²) < 4.78 is 0. The minimum Gasteiger partial charge on any atom is -0.325 e. The molecule has 0 aromatic heterocycles. The Balaban J connectivity index is 1.47. The van der Waals surface area contributed by atoms with E-state index in [1.807, 2.05) is 37.3 Å². The van der Waals surface area contributed by atoms with E-state index in [2.05, 4.69) is 10.6 Å². The molecule has 0 aliphatic heterocycles. The molecule has 0 saturated heterocycles. The van der Waals surface area contributed by atoms with E-state index in [9.17, 15) is 4.79 Å². The van der Waals surface area contributed by atoms with Crippen LogP contribution in [0.3, 0.4) is 0 Å². The topological polar surface area (TPSA) is 41.1 Å². The van der Waals surface area contributed by atoms with Crippen molar-refractivity contribution in [2.75, 3.05) is 11.9 Å². The number of anilines is 1. The summed E-state index contributed by atoms with van der Waals surface area (Å²) in [5.74, 6) is 0.988. The van der Waals surface area contributed by atoms with Crippen molar-refractivity contribution in [3.8, 4) is 0 Å². The van der Waals surface area contributed by atoms with Gasteiger partial charge in [0, 0.05) is 12.2 Å². The molecule has 3 nitrogen and oxygen atoms in total. The zero-order valence-electron chi connectivity index (χ0n) is 11.5. The number of amides is 1. The van der Waals surface area contributed by atoms with E-state index in [-0.39, 0.29) is 11.9 Å². The number of para-hydroxylation sites is 1. The number of hydrogen-bond acceptors (Lipinski definition) is 2. The molecule has 1 unspecified atom stereocenters. The summed E-state index contributed by atoms with van der Waals surface area (Å²) in [7, 11) is 0. The molecule has 2 N–H and O–H groups in total. The summed E-state index contributed by atoms with van der Waals surface area (Å²) in [5.41, 5.74) is 1.41. The first-order chi connectivity index (χ1) is 9.20. The van der Waals surface area contributed by atoms with Gasteiger partial charge < -0.3 is 10.6 Å². The molecule has 2 saturated carbocycles. The average molecular weight is 258 g/mol. The highest BCUT2D eigenvalue weighted by Gasteiger charge is 2.53. The van der Waals surface area contributed by atoms with E-state index in [0.29, 0.717) is 5.41 Å². The molecule has 3 heteroatoms. The molecular formula is C16H22N2O. The van der Waals surface area contributed by atoms with Crippen molar-refractivity contribution in [3.05, 3.63) is 30.3 Å². The number of benzene rings is 1. The summed E-state index contributed by atoms with van der Waals surface area (Å²) >= 11 is 0. The van der Waals surface area contributed by atoms with Crippen molar-refractivity contribution < 1.29 is 4.79 Å². The second kappa shape index (κ2) is 4.97. The monoisotopic (exact) mass is 258 g/mol. The fraction of sp³-hybridized carbons (Fsp3) is 0.562. The second-order valence-corrected chi connectivity index (χ2v) is 6.09. The van der Waals surface area contributed by atoms with Crippen LogP contribution in [0.1, 0.15) is 32.6 Å². The van der Waals surface area contributed by atoms with Gasteiger partial charge in [0.2, 0.25) is 5.91 Å². The van der Waals surface area contributed by atoms with E-state index in [1.54, 1.807) is 0 Å². The van der Waals surface area contributed by atoms with E-state index < -0.39 is 0 Å². The Morgan fingerprint density at radius 2 is 2.00 bits per heavy atom. The maximum absolute atomic E-state index is 12.1. The minimum absolute atomic E-state index is 0.0535. The molecule has 1 amide bonds. The zero-order valence-corrected chi connectivity index (χ0v) is 11.5. The van der Waals surface area contributed by atoms with Crippen molar-refractivity contribution in [3.63, 3.8) is 0 Å². The standard InChI is InChI=1S/C16H22N2O/c1-12(15(19)18-14-5-3-2-4-6-14)17-11-16(9-10-16)13-7-8-13/h2-6,12-13,17H,7-11H2,1H3,(H,18,19). The van der Waals surface area contributed by atoms with Crippen molar-refractivity contribution in [2.45, 2.75) is 38.6 Å². The minimum atomic E-state index is -0.128. The third kappa shape index (κ3) is 2.98. The fourth-order valence-corrected chi connectivity index (χ4v) is 2.81. The molecule has 2 aliphatic rings. The van der Waals surface area contributed by atoms with Crippen LogP contribution in [-0.4, -0.2) is 18.5 Å². The average Bonchev–Trinajstić information content (AvgIpc) is 3.29. The number of carbonyl (C=O) groups excluding carboxylic acids is 1. The predicted octanol–water partition coefficient (Wildman–Crippen LogP) is 2.79. The summed E-state index contributed by atoms with van der Waals surface area (Å²) in [6.07, 6.45) is 5.48. The summed E-state index contributed by atoms with van der Waals surface area (Å²) in [5, 5.41) is 6.36. The van der Waals surface area contributed by atoms with Crippen LogP contribution in [0.4, 0.5) is 5.69 Å². The Labute approximate surface area is 114 Å².